The first kappa shape index (κ1) is 18.6. The molecule has 19 heavy (non-hydrogen) atoms. The van der Waals surface area contributed by atoms with Gasteiger partial charge < -0.3 is 10.6 Å². The molecule has 0 saturated heterocycles. The van der Waals surface area contributed by atoms with Crippen LogP contribution < -0.4 is 10.6 Å². The van der Waals surface area contributed by atoms with E-state index in [9.17, 15) is 0 Å². The van der Waals surface area contributed by atoms with Gasteiger partial charge in [0.25, 0.3) is 0 Å². The van der Waals surface area contributed by atoms with Gasteiger partial charge in [0.15, 0.2) is 5.96 Å². The van der Waals surface area contributed by atoms with Gasteiger partial charge in [0.1, 0.15) is 0 Å². The fourth-order valence-electron chi connectivity index (χ4n) is 1.45. The van der Waals surface area contributed by atoms with Crippen molar-refractivity contribution in [2.45, 2.75) is 31.2 Å². The van der Waals surface area contributed by atoms with Gasteiger partial charge in [-0.2, -0.15) is 0 Å². The summed E-state index contributed by atoms with van der Waals surface area (Å²) in [5.41, 5.74) is 0. The van der Waals surface area contributed by atoms with Crippen molar-refractivity contribution >= 4 is 41.7 Å². The standard InChI is InChI=1S/C14H23N3S.HI/c1-12(2)17-14(15-3)16-10-7-11-18-13-8-5-4-6-9-13;/h4-6,8-9,12H,7,10-11H2,1-3H3,(H2,15,16,17);1H. The van der Waals surface area contributed by atoms with Gasteiger partial charge in [0.05, 0.1) is 0 Å². The van der Waals surface area contributed by atoms with Crippen LogP contribution in [0, 0.1) is 0 Å². The van der Waals surface area contributed by atoms with E-state index < -0.39 is 0 Å². The second-order valence-corrected chi connectivity index (χ2v) is 5.48. The highest BCUT2D eigenvalue weighted by molar-refractivity contribution is 14.0. The lowest BCUT2D eigenvalue weighted by Gasteiger charge is -2.14. The Kier molecular flexibility index (Phi) is 11.1. The molecule has 2 N–H and O–H groups in total. The van der Waals surface area contributed by atoms with E-state index >= 15 is 0 Å². The van der Waals surface area contributed by atoms with E-state index in [0.29, 0.717) is 6.04 Å². The SMILES string of the molecule is CN=C(NCCCSc1ccccc1)NC(C)C.I. The number of thioether (sulfide) groups is 1. The Hall–Kier alpha value is -0.430. The van der Waals surface area contributed by atoms with Crippen molar-refractivity contribution in [1.82, 2.24) is 10.6 Å². The first-order valence-electron chi connectivity index (χ1n) is 6.37. The summed E-state index contributed by atoms with van der Waals surface area (Å²) in [5, 5.41) is 6.58. The smallest absolute Gasteiger partial charge is 0.191 e. The largest absolute Gasteiger partial charge is 0.356 e. The van der Waals surface area contributed by atoms with Crippen LogP contribution in [0.1, 0.15) is 20.3 Å². The lowest BCUT2D eigenvalue weighted by molar-refractivity contribution is 0.696. The highest BCUT2D eigenvalue weighted by Crippen LogP contribution is 2.17. The summed E-state index contributed by atoms with van der Waals surface area (Å²) in [5.74, 6) is 2.00. The number of hydrogen-bond donors (Lipinski definition) is 2. The van der Waals surface area contributed by atoms with Gasteiger partial charge in [0.2, 0.25) is 0 Å². The molecule has 0 fully saturated rings. The highest BCUT2D eigenvalue weighted by atomic mass is 127. The van der Waals surface area contributed by atoms with Crippen molar-refractivity contribution in [2.75, 3.05) is 19.3 Å². The number of benzene rings is 1. The third-order valence-corrected chi connectivity index (χ3v) is 3.37. The summed E-state index contributed by atoms with van der Waals surface area (Å²) in [6.45, 7) is 5.17. The van der Waals surface area contributed by atoms with Gasteiger partial charge in [-0.3, -0.25) is 4.99 Å². The fourth-order valence-corrected chi connectivity index (χ4v) is 2.33. The minimum absolute atomic E-state index is 0. The lowest BCUT2D eigenvalue weighted by Crippen LogP contribution is -2.41. The third-order valence-electron chi connectivity index (χ3n) is 2.27. The minimum atomic E-state index is 0. The van der Waals surface area contributed by atoms with Crippen LogP contribution in [0.2, 0.25) is 0 Å². The Morgan fingerprint density at radius 1 is 1.26 bits per heavy atom. The Labute approximate surface area is 138 Å². The molecule has 0 aliphatic carbocycles. The molecule has 5 heteroatoms. The number of halogens is 1. The summed E-state index contributed by atoms with van der Waals surface area (Å²) in [4.78, 5) is 5.51. The zero-order valence-corrected chi connectivity index (χ0v) is 15.0. The van der Waals surface area contributed by atoms with Crippen LogP contribution in [0.4, 0.5) is 0 Å². The zero-order chi connectivity index (χ0) is 13.2. The maximum Gasteiger partial charge on any atom is 0.191 e. The molecule has 0 unspecified atom stereocenters. The van der Waals surface area contributed by atoms with Crippen LogP contribution in [-0.2, 0) is 0 Å². The van der Waals surface area contributed by atoms with Crippen LogP contribution in [-0.4, -0.2) is 31.3 Å². The molecule has 0 spiro atoms. The molecule has 0 atom stereocenters. The van der Waals surface area contributed by atoms with Crippen LogP contribution in [0.15, 0.2) is 40.2 Å². The lowest BCUT2D eigenvalue weighted by atomic mass is 10.4. The Morgan fingerprint density at radius 2 is 1.95 bits per heavy atom. The molecule has 0 bridgehead atoms. The van der Waals surface area contributed by atoms with Crippen molar-refractivity contribution in [2.24, 2.45) is 4.99 Å². The molecule has 0 heterocycles. The van der Waals surface area contributed by atoms with Gasteiger partial charge in [0, 0.05) is 24.5 Å². The van der Waals surface area contributed by atoms with Crippen molar-refractivity contribution in [3.8, 4) is 0 Å². The minimum Gasteiger partial charge on any atom is -0.356 e. The second-order valence-electron chi connectivity index (χ2n) is 4.31. The first-order chi connectivity index (χ1) is 8.72. The molecule has 0 aliphatic heterocycles. The number of rotatable bonds is 6. The van der Waals surface area contributed by atoms with E-state index in [2.05, 4.69) is 53.7 Å². The van der Waals surface area contributed by atoms with Gasteiger partial charge in [-0.25, -0.2) is 0 Å². The quantitative estimate of drug-likeness (QED) is 0.256. The Bertz CT molecular complexity index is 355. The number of hydrogen-bond acceptors (Lipinski definition) is 2. The number of nitrogens with one attached hydrogen (secondary N) is 2. The molecule has 108 valence electrons. The zero-order valence-electron chi connectivity index (χ0n) is 11.8. The molecule has 0 saturated carbocycles. The maximum absolute atomic E-state index is 4.17. The number of nitrogens with zero attached hydrogens (tertiary/aromatic N) is 1. The van der Waals surface area contributed by atoms with E-state index in [1.54, 1.807) is 7.05 Å². The van der Waals surface area contributed by atoms with Crippen molar-refractivity contribution < 1.29 is 0 Å². The summed E-state index contributed by atoms with van der Waals surface area (Å²) in [6, 6.07) is 10.9. The van der Waals surface area contributed by atoms with Crippen molar-refractivity contribution in [3.05, 3.63) is 30.3 Å². The maximum atomic E-state index is 4.17. The van der Waals surface area contributed by atoms with Crippen LogP contribution >= 0.6 is 35.7 Å². The molecule has 1 aromatic carbocycles. The molecule has 0 amide bonds. The van der Waals surface area contributed by atoms with Crippen molar-refractivity contribution in [1.29, 1.82) is 0 Å². The normalized spacial score (nSPS) is 11.1. The van der Waals surface area contributed by atoms with E-state index in [0.717, 1.165) is 24.7 Å². The molecule has 0 radical (unpaired) electrons. The van der Waals surface area contributed by atoms with E-state index in [-0.39, 0.29) is 24.0 Å². The summed E-state index contributed by atoms with van der Waals surface area (Å²) < 4.78 is 0. The topological polar surface area (TPSA) is 36.4 Å². The Morgan fingerprint density at radius 3 is 2.53 bits per heavy atom. The highest BCUT2D eigenvalue weighted by Gasteiger charge is 1.99. The molecular formula is C14H24IN3S. The Balaban J connectivity index is 0.00000324. The second kappa shape index (κ2) is 11.4. The van der Waals surface area contributed by atoms with Gasteiger partial charge in [-0.15, -0.1) is 35.7 Å². The third kappa shape index (κ3) is 9.15. The molecule has 0 aromatic heterocycles. The van der Waals surface area contributed by atoms with E-state index in [4.69, 9.17) is 0 Å². The molecule has 0 aliphatic rings. The van der Waals surface area contributed by atoms with E-state index in [1.165, 1.54) is 4.90 Å². The van der Waals surface area contributed by atoms with E-state index in [1.807, 2.05) is 17.8 Å². The molecular weight excluding hydrogens is 369 g/mol. The number of guanidine groups is 1. The monoisotopic (exact) mass is 393 g/mol. The predicted molar refractivity (Wildman–Crippen MR) is 96.8 cm³/mol. The predicted octanol–water partition coefficient (Wildman–Crippen LogP) is 3.36. The average Bonchev–Trinajstić information content (AvgIpc) is 2.37. The van der Waals surface area contributed by atoms with Crippen LogP contribution in [0.5, 0.6) is 0 Å². The first-order valence-corrected chi connectivity index (χ1v) is 7.36. The summed E-state index contributed by atoms with van der Waals surface area (Å²) in [6.07, 6.45) is 1.12. The summed E-state index contributed by atoms with van der Waals surface area (Å²) >= 11 is 1.89. The molecule has 1 rings (SSSR count). The molecule has 1 aromatic rings. The fraction of sp³-hybridized carbons (Fsp3) is 0.500. The van der Waals surface area contributed by atoms with Crippen molar-refractivity contribution in [3.63, 3.8) is 0 Å². The number of aliphatic imine (C=N–C) groups is 1. The average molecular weight is 393 g/mol. The van der Waals surface area contributed by atoms with Gasteiger partial charge >= 0.3 is 0 Å². The molecule has 3 nitrogen and oxygen atoms in total. The van der Waals surface area contributed by atoms with Gasteiger partial charge in [-0.05, 0) is 38.2 Å². The van der Waals surface area contributed by atoms with Crippen LogP contribution in [0.3, 0.4) is 0 Å². The van der Waals surface area contributed by atoms with Crippen LogP contribution in [0.25, 0.3) is 0 Å². The van der Waals surface area contributed by atoms with Gasteiger partial charge in [-0.1, -0.05) is 18.2 Å². The summed E-state index contributed by atoms with van der Waals surface area (Å²) in [7, 11) is 1.80.